The number of hydrogen-bond acceptors (Lipinski definition) is 3. The number of furan rings is 1. The van der Waals surface area contributed by atoms with E-state index >= 15 is 0 Å². The molecule has 0 atom stereocenters. The lowest BCUT2D eigenvalue weighted by Crippen LogP contribution is -2.49. The Balaban J connectivity index is 1.85. The van der Waals surface area contributed by atoms with Crippen LogP contribution in [0, 0.1) is 11.3 Å². The second kappa shape index (κ2) is 7.66. The molecule has 32 heavy (non-hydrogen) atoms. The number of rotatable bonds is 2. The molecule has 8 heteroatoms. The van der Waals surface area contributed by atoms with E-state index in [0.29, 0.717) is 28.0 Å². The smallest absolute Gasteiger partial charge is 0.144 e. The SMILES string of the molecule is [B]c1nc(-c2cccc3c2oc2c(C4([B])CCCCC4)c(C#N)ccc23)c([B])c([B])c1[B]. The fraction of sp³-hybridized carbons (Fsp3) is 0.250. The topological polar surface area (TPSA) is 49.8 Å². The van der Waals surface area contributed by atoms with Crippen LogP contribution in [0.25, 0.3) is 33.2 Å². The molecule has 4 aromatic rings. The van der Waals surface area contributed by atoms with Gasteiger partial charge in [0.25, 0.3) is 0 Å². The molecular formula is C24H15B5N2O. The Hall–Kier alpha value is -2.80. The summed E-state index contributed by atoms with van der Waals surface area (Å²) in [4.78, 5) is 4.39. The normalized spacial score (nSPS) is 15.7. The van der Waals surface area contributed by atoms with Crippen LogP contribution >= 0.6 is 0 Å². The summed E-state index contributed by atoms with van der Waals surface area (Å²) in [6.45, 7) is 0. The van der Waals surface area contributed by atoms with Crippen molar-refractivity contribution in [2.45, 2.75) is 37.4 Å². The van der Waals surface area contributed by atoms with Gasteiger partial charge in [-0.3, -0.25) is 4.98 Å². The maximum absolute atomic E-state index is 9.84. The van der Waals surface area contributed by atoms with Crippen LogP contribution in [0.15, 0.2) is 34.7 Å². The van der Waals surface area contributed by atoms with Crippen molar-refractivity contribution in [1.82, 2.24) is 4.98 Å². The summed E-state index contributed by atoms with van der Waals surface area (Å²) >= 11 is 0. The highest BCUT2D eigenvalue weighted by atomic mass is 16.3. The first-order valence-electron chi connectivity index (χ1n) is 10.6. The lowest BCUT2D eigenvalue weighted by molar-refractivity contribution is 0.396. The zero-order chi connectivity index (χ0) is 22.6. The summed E-state index contributed by atoms with van der Waals surface area (Å²) in [6, 6.07) is 11.8. The predicted octanol–water partition coefficient (Wildman–Crippen LogP) is 1.02. The number of hydrogen-bond donors (Lipinski definition) is 0. The quantitative estimate of drug-likeness (QED) is 0.472. The van der Waals surface area contributed by atoms with E-state index in [0.717, 1.165) is 48.4 Å². The lowest BCUT2D eigenvalue weighted by Gasteiger charge is -2.35. The first-order valence-corrected chi connectivity index (χ1v) is 10.6. The van der Waals surface area contributed by atoms with Gasteiger partial charge in [0.1, 0.15) is 42.6 Å². The fourth-order valence-electron chi connectivity index (χ4n) is 4.93. The van der Waals surface area contributed by atoms with Crippen LogP contribution in [-0.4, -0.2) is 44.2 Å². The van der Waals surface area contributed by atoms with E-state index in [4.69, 9.17) is 43.6 Å². The molecule has 10 radical (unpaired) electrons. The third kappa shape index (κ3) is 3.05. The van der Waals surface area contributed by atoms with Crippen molar-refractivity contribution in [1.29, 1.82) is 5.26 Å². The van der Waals surface area contributed by atoms with Crippen molar-refractivity contribution in [3.8, 4) is 17.3 Å². The number of pyridine rings is 1. The van der Waals surface area contributed by atoms with Gasteiger partial charge >= 0.3 is 0 Å². The number of fused-ring (bicyclic) bond motifs is 3. The molecule has 0 amide bonds. The number of aromatic nitrogens is 1. The van der Waals surface area contributed by atoms with Gasteiger partial charge < -0.3 is 4.42 Å². The highest BCUT2D eigenvalue weighted by Gasteiger charge is 2.34. The van der Waals surface area contributed by atoms with Gasteiger partial charge in [-0.25, -0.2) is 0 Å². The third-order valence-corrected chi connectivity index (χ3v) is 6.63. The Morgan fingerprint density at radius 1 is 0.875 bits per heavy atom. The van der Waals surface area contributed by atoms with Crippen molar-refractivity contribution in [2.75, 3.05) is 0 Å². The molecule has 1 saturated carbocycles. The molecule has 0 aliphatic heterocycles. The van der Waals surface area contributed by atoms with E-state index in [-0.39, 0.29) is 22.0 Å². The van der Waals surface area contributed by atoms with E-state index in [1.807, 2.05) is 30.3 Å². The summed E-state index contributed by atoms with van der Waals surface area (Å²) < 4.78 is 6.46. The monoisotopic (exact) mass is 402 g/mol. The molecule has 2 heterocycles. The molecule has 0 unspecified atom stereocenters. The average molecular weight is 401 g/mol. The Kier molecular flexibility index (Phi) is 5.04. The van der Waals surface area contributed by atoms with Crippen LogP contribution in [-0.2, 0) is 5.31 Å². The molecule has 0 spiro atoms. The minimum Gasteiger partial charge on any atom is -0.455 e. The maximum Gasteiger partial charge on any atom is 0.144 e. The maximum atomic E-state index is 9.84. The van der Waals surface area contributed by atoms with Crippen LogP contribution < -0.4 is 22.0 Å². The van der Waals surface area contributed by atoms with Crippen molar-refractivity contribution >= 4 is 83.2 Å². The fourth-order valence-corrected chi connectivity index (χ4v) is 4.93. The second-order valence-electron chi connectivity index (χ2n) is 8.56. The van der Waals surface area contributed by atoms with Crippen molar-refractivity contribution in [2.24, 2.45) is 0 Å². The van der Waals surface area contributed by atoms with Crippen LogP contribution in [0.2, 0.25) is 0 Å². The largest absolute Gasteiger partial charge is 0.455 e. The van der Waals surface area contributed by atoms with Gasteiger partial charge in [-0.2, -0.15) is 5.26 Å². The van der Waals surface area contributed by atoms with Crippen LogP contribution in [0.3, 0.4) is 0 Å². The summed E-state index contributed by atoms with van der Waals surface area (Å²) in [5, 5.41) is 11.0. The Bertz CT molecular complexity index is 1430. The highest BCUT2D eigenvalue weighted by Crippen LogP contribution is 2.44. The predicted molar refractivity (Wildman–Crippen MR) is 134 cm³/mol. The van der Waals surface area contributed by atoms with Crippen molar-refractivity contribution in [3.63, 3.8) is 0 Å². The number of benzene rings is 2. The van der Waals surface area contributed by atoms with Gasteiger partial charge in [-0.15, -0.1) is 5.46 Å². The molecular weight excluding hydrogens is 386 g/mol. The number of nitrogens with zero attached hydrogens (tertiary/aromatic N) is 2. The molecule has 1 aliphatic carbocycles. The van der Waals surface area contributed by atoms with E-state index in [9.17, 15) is 5.26 Å². The van der Waals surface area contributed by atoms with E-state index in [2.05, 4.69) is 11.1 Å². The minimum absolute atomic E-state index is 0.107. The molecule has 5 rings (SSSR count). The molecule has 142 valence electrons. The Morgan fingerprint density at radius 3 is 2.31 bits per heavy atom. The van der Waals surface area contributed by atoms with E-state index < -0.39 is 5.31 Å². The zero-order valence-electron chi connectivity index (χ0n) is 17.6. The van der Waals surface area contributed by atoms with E-state index in [1.165, 1.54) is 0 Å². The van der Waals surface area contributed by atoms with Gasteiger partial charge in [0.15, 0.2) is 0 Å². The molecule has 0 N–H and O–H groups in total. The zero-order valence-corrected chi connectivity index (χ0v) is 17.6. The molecule has 0 bridgehead atoms. The van der Waals surface area contributed by atoms with Gasteiger partial charge in [-0.1, -0.05) is 55.2 Å². The van der Waals surface area contributed by atoms with Crippen molar-refractivity contribution < 1.29 is 4.42 Å². The van der Waals surface area contributed by atoms with Crippen LogP contribution in [0.5, 0.6) is 0 Å². The van der Waals surface area contributed by atoms with Crippen molar-refractivity contribution in [3.05, 3.63) is 41.5 Å². The number of nitriles is 1. The van der Waals surface area contributed by atoms with Gasteiger partial charge in [0.2, 0.25) is 0 Å². The summed E-state index contributed by atoms with van der Waals surface area (Å²) in [5.74, 6) is 0. The molecule has 3 nitrogen and oxygen atoms in total. The summed E-state index contributed by atoms with van der Waals surface area (Å²) in [6.07, 6.45) is 4.81. The molecule has 1 aliphatic rings. The second-order valence-corrected chi connectivity index (χ2v) is 8.56. The molecule has 2 aromatic carbocycles. The van der Waals surface area contributed by atoms with E-state index in [1.54, 1.807) is 0 Å². The van der Waals surface area contributed by atoms with Gasteiger partial charge in [0.05, 0.1) is 25.2 Å². The molecule has 1 fully saturated rings. The Labute approximate surface area is 194 Å². The third-order valence-electron chi connectivity index (χ3n) is 6.63. The highest BCUT2D eigenvalue weighted by molar-refractivity contribution is 6.62. The van der Waals surface area contributed by atoms with Gasteiger partial charge in [-0.05, 0) is 29.1 Å². The standard InChI is InChI=1S/C24H15B5N2O/c25-17-18(26)20(31-23(28)19(17)27)15-6-4-5-13-14-8-7-12(11-30)16(22(14)32-21(13)15)24(29)9-2-1-3-10-24/h4-8H,1-3,9-10H2. The first kappa shape index (κ1) is 21.1. The summed E-state index contributed by atoms with van der Waals surface area (Å²) in [5.41, 5.74) is 4.28. The summed E-state index contributed by atoms with van der Waals surface area (Å²) in [7, 11) is 31.1. The average Bonchev–Trinajstić information content (AvgIpc) is 3.18. The first-order chi connectivity index (χ1) is 15.4. The van der Waals surface area contributed by atoms with Crippen LogP contribution in [0.1, 0.15) is 43.2 Å². The number of para-hydroxylation sites is 1. The lowest BCUT2D eigenvalue weighted by atomic mass is 9.55. The van der Waals surface area contributed by atoms with Crippen LogP contribution in [0.4, 0.5) is 0 Å². The molecule has 2 aromatic heterocycles. The Morgan fingerprint density at radius 2 is 1.59 bits per heavy atom. The van der Waals surface area contributed by atoms with Gasteiger partial charge in [0, 0.05) is 21.9 Å². The molecule has 0 saturated heterocycles. The minimum atomic E-state index is -0.607.